The number of aryl methyl sites for hydroxylation is 1. The lowest BCUT2D eigenvalue weighted by Gasteiger charge is -2.41. The van der Waals surface area contributed by atoms with E-state index in [0.29, 0.717) is 16.7 Å². The van der Waals surface area contributed by atoms with Gasteiger partial charge in [-0.05, 0) is 23.1 Å². The number of aromatic nitrogens is 1. The van der Waals surface area contributed by atoms with Gasteiger partial charge in [0.25, 0.3) is 17.6 Å². The van der Waals surface area contributed by atoms with Crippen LogP contribution in [0.15, 0.2) is 91.4 Å². The molecule has 44 heavy (non-hydrogen) atoms. The van der Waals surface area contributed by atoms with Crippen molar-refractivity contribution in [2.75, 3.05) is 6.54 Å². The van der Waals surface area contributed by atoms with Gasteiger partial charge in [-0.3, -0.25) is 29.0 Å². The summed E-state index contributed by atoms with van der Waals surface area (Å²) in [6, 6.07) is 17.0. The van der Waals surface area contributed by atoms with Gasteiger partial charge < -0.3 is 29.3 Å². The summed E-state index contributed by atoms with van der Waals surface area (Å²) in [5, 5.41) is 2.21. The first kappa shape index (κ1) is 34.4. The van der Waals surface area contributed by atoms with Gasteiger partial charge in [-0.2, -0.15) is 13.2 Å². The van der Waals surface area contributed by atoms with Gasteiger partial charge >= 0.3 is 6.18 Å². The predicted molar refractivity (Wildman–Crippen MR) is 152 cm³/mol. The number of hydrogen-bond donors (Lipinski definition) is 1. The van der Waals surface area contributed by atoms with Crippen LogP contribution in [0.4, 0.5) is 13.2 Å². The average molecular weight is 721 g/mol. The Hall–Kier alpha value is -4.07. The number of benzene rings is 2. The second kappa shape index (κ2) is 14.6. The van der Waals surface area contributed by atoms with Crippen LogP contribution < -0.4 is 33.9 Å². The number of pyridine rings is 1. The van der Waals surface area contributed by atoms with Crippen LogP contribution in [0.5, 0.6) is 0 Å². The van der Waals surface area contributed by atoms with Crippen LogP contribution in [0.1, 0.15) is 35.3 Å². The van der Waals surface area contributed by atoms with E-state index < -0.39 is 48.3 Å². The smallest absolute Gasteiger partial charge is 0.452 e. The van der Waals surface area contributed by atoms with Crippen molar-refractivity contribution in [1.29, 1.82) is 0 Å². The number of rotatable bonds is 9. The van der Waals surface area contributed by atoms with Gasteiger partial charge in [0.1, 0.15) is 31.2 Å². The topological polar surface area (TPSA) is 90.7 Å². The molecule has 0 unspecified atom stereocenters. The minimum atomic E-state index is -5.18. The van der Waals surface area contributed by atoms with Crippen molar-refractivity contribution in [3.8, 4) is 0 Å². The van der Waals surface area contributed by atoms with Crippen LogP contribution in [-0.2, 0) is 27.9 Å². The number of carbonyl (C=O) groups excluding carboxylic acids is 4. The number of hydrogen-bond acceptors (Lipinski definition) is 4. The summed E-state index contributed by atoms with van der Waals surface area (Å²) in [4.78, 5) is 55.8. The highest BCUT2D eigenvalue weighted by Gasteiger charge is 2.45. The van der Waals surface area contributed by atoms with Crippen molar-refractivity contribution < 1.29 is 60.9 Å². The van der Waals surface area contributed by atoms with Crippen LogP contribution in [0.2, 0.25) is 0 Å². The Morgan fingerprint density at radius 3 is 2.14 bits per heavy atom. The highest BCUT2D eigenvalue weighted by molar-refractivity contribution is 6.04. The van der Waals surface area contributed by atoms with Crippen molar-refractivity contribution in [2.24, 2.45) is 13.0 Å². The van der Waals surface area contributed by atoms with Gasteiger partial charge in [0, 0.05) is 18.7 Å². The normalized spacial score (nSPS) is 15.8. The number of Topliss-reactive ketones (excluding diaryl/α,β-unsaturated/α-hetero) is 1. The molecule has 1 aliphatic heterocycles. The molecule has 0 aliphatic carbocycles. The summed E-state index contributed by atoms with van der Waals surface area (Å²) < 4.78 is 42.1. The molecule has 12 heteroatoms. The predicted octanol–water partition coefficient (Wildman–Crippen LogP) is 0.682. The van der Waals surface area contributed by atoms with Crippen LogP contribution in [0.25, 0.3) is 5.70 Å². The van der Waals surface area contributed by atoms with E-state index in [1.54, 1.807) is 111 Å². The van der Waals surface area contributed by atoms with Crippen molar-refractivity contribution in [1.82, 2.24) is 15.1 Å². The van der Waals surface area contributed by atoms with Crippen LogP contribution >= 0.6 is 0 Å². The lowest BCUT2D eigenvalue weighted by Crippen LogP contribution is -3.00. The van der Waals surface area contributed by atoms with Crippen molar-refractivity contribution in [2.45, 2.75) is 38.5 Å². The maximum atomic E-state index is 14.0. The number of halogens is 4. The molecule has 8 nitrogen and oxygen atoms in total. The Labute approximate surface area is 270 Å². The summed E-state index contributed by atoms with van der Waals surface area (Å²) in [5.41, 5.74) is 1.49. The molecule has 0 bridgehead atoms. The van der Waals surface area contributed by atoms with Crippen LogP contribution in [0.3, 0.4) is 0 Å². The zero-order chi connectivity index (χ0) is 31.3. The molecule has 0 fully saturated rings. The Morgan fingerprint density at radius 1 is 0.955 bits per heavy atom. The van der Waals surface area contributed by atoms with E-state index in [1.807, 2.05) is 0 Å². The molecule has 1 N–H and O–H groups in total. The third kappa shape index (κ3) is 8.10. The molecular formula is C32H32F3IN4O4. The second-order valence-corrected chi connectivity index (χ2v) is 10.6. The number of ketones is 1. The second-order valence-electron chi connectivity index (χ2n) is 10.6. The molecule has 3 aromatic rings. The van der Waals surface area contributed by atoms with Crippen LogP contribution in [0, 0.1) is 5.92 Å². The van der Waals surface area contributed by atoms with Crippen LogP contribution in [-0.4, -0.2) is 58.1 Å². The first-order valence-electron chi connectivity index (χ1n) is 13.7. The summed E-state index contributed by atoms with van der Waals surface area (Å²) in [6.07, 6.45) is -0.679. The molecule has 4 rings (SSSR count). The fraction of sp³-hybridized carbons (Fsp3) is 0.281. The van der Waals surface area contributed by atoms with Gasteiger partial charge in [-0.15, -0.1) is 0 Å². The maximum Gasteiger partial charge on any atom is 0.452 e. The SMILES string of the molecule is CC(C)[C@H]1C(=O)N(CC(=O)N[C@H](Cc2ccccc2)C(=O)C(F)(F)F)C(c2ccccc2)=CN1C(=O)c1ccc[n+](C)c1.[I-]. The highest BCUT2D eigenvalue weighted by Crippen LogP contribution is 2.31. The minimum Gasteiger partial charge on any atom is -1.00 e. The number of carbonyl (C=O) groups is 4. The Morgan fingerprint density at radius 2 is 1.57 bits per heavy atom. The standard InChI is InChI=1S/C32H31F3N4O4.HI/c1-21(2)28-31(43)38(20-27(40)36-25(29(41)32(33,34)35)17-22-11-6-4-7-12-22)26(23-13-8-5-9-14-23)19-39(28)30(42)24-15-10-16-37(3)18-24;/h4-16,18-19,21,25,28H,17,20H2,1-3H3;1H/t25-,28+;/m1./s1. The molecule has 232 valence electrons. The molecule has 0 radical (unpaired) electrons. The third-order valence-electron chi connectivity index (χ3n) is 7.01. The lowest BCUT2D eigenvalue weighted by molar-refractivity contribution is -0.671. The molecule has 3 amide bonds. The molecule has 0 saturated carbocycles. The fourth-order valence-corrected chi connectivity index (χ4v) is 4.98. The van der Waals surface area contributed by atoms with E-state index in [0.717, 1.165) is 4.90 Å². The van der Waals surface area contributed by atoms with Crippen molar-refractivity contribution in [3.63, 3.8) is 0 Å². The zero-order valence-corrected chi connectivity index (χ0v) is 26.5. The first-order valence-corrected chi connectivity index (χ1v) is 13.7. The molecule has 2 atom stereocenters. The largest absolute Gasteiger partial charge is 1.00 e. The van der Waals surface area contributed by atoms with Gasteiger partial charge in [0.15, 0.2) is 12.4 Å². The Bertz CT molecular complexity index is 1530. The van der Waals surface area contributed by atoms with E-state index in [-0.39, 0.29) is 42.0 Å². The van der Waals surface area contributed by atoms with Gasteiger partial charge in [0.05, 0.1) is 5.70 Å². The van der Waals surface area contributed by atoms with Gasteiger partial charge in [-0.25, -0.2) is 4.57 Å². The van der Waals surface area contributed by atoms with Crippen molar-refractivity contribution in [3.05, 3.63) is 108 Å². The van der Waals surface area contributed by atoms with E-state index in [1.165, 1.54) is 11.1 Å². The monoisotopic (exact) mass is 720 g/mol. The first-order chi connectivity index (χ1) is 20.4. The lowest BCUT2D eigenvalue weighted by atomic mass is 9.96. The van der Waals surface area contributed by atoms with Gasteiger partial charge in [-0.1, -0.05) is 74.5 Å². The van der Waals surface area contributed by atoms with Gasteiger partial charge in [0.2, 0.25) is 5.91 Å². The van der Waals surface area contributed by atoms with E-state index >= 15 is 0 Å². The number of amides is 3. The quantitative estimate of drug-likeness (QED) is 0.261. The molecule has 1 aromatic heterocycles. The third-order valence-corrected chi connectivity index (χ3v) is 7.01. The summed E-state index contributed by atoms with van der Waals surface area (Å²) in [5.74, 6) is -4.44. The maximum absolute atomic E-state index is 14.0. The molecule has 2 aromatic carbocycles. The molecule has 0 spiro atoms. The highest BCUT2D eigenvalue weighted by atomic mass is 127. The Balaban J connectivity index is 0.00000529. The van der Waals surface area contributed by atoms with E-state index in [4.69, 9.17) is 0 Å². The number of nitrogens with zero attached hydrogens (tertiary/aromatic N) is 3. The summed E-state index contributed by atoms with van der Waals surface area (Å²) in [7, 11) is 1.76. The molecular weight excluding hydrogens is 688 g/mol. The average Bonchev–Trinajstić information content (AvgIpc) is 2.97. The number of nitrogens with one attached hydrogen (secondary N) is 1. The molecule has 1 aliphatic rings. The molecule has 2 heterocycles. The summed E-state index contributed by atoms with van der Waals surface area (Å²) >= 11 is 0. The van der Waals surface area contributed by atoms with E-state index in [2.05, 4.69) is 5.32 Å². The minimum absolute atomic E-state index is 0. The fourth-order valence-electron chi connectivity index (χ4n) is 4.98. The zero-order valence-electron chi connectivity index (χ0n) is 24.3. The Kier molecular flexibility index (Phi) is 11.4. The molecule has 0 saturated heterocycles. The van der Waals surface area contributed by atoms with E-state index in [9.17, 15) is 32.3 Å². The number of alkyl halides is 3. The van der Waals surface area contributed by atoms with Crippen molar-refractivity contribution >= 4 is 29.2 Å². The summed E-state index contributed by atoms with van der Waals surface area (Å²) in [6.45, 7) is 2.85.